The van der Waals surface area contributed by atoms with Gasteiger partial charge >= 0.3 is 0 Å². The molecule has 2 nitrogen and oxygen atoms in total. The van der Waals surface area contributed by atoms with Gasteiger partial charge in [0.05, 0.1) is 5.02 Å². The van der Waals surface area contributed by atoms with Crippen LogP contribution in [0.25, 0.3) is 0 Å². The Hall–Kier alpha value is -1.61. The highest BCUT2D eigenvalue weighted by atomic mass is 35.5. The van der Waals surface area contributed by atoms with Gasteiger partial charge in [0.15, 0.2) is 11.6 Å². The molecule has 17 heavy (non-hydrogen) atoms. The predicted molar refractivity (Wildman–Crippen MR) is 68.4 cm³/mol. The Labute approximate surface area is 105 Å². The lowest BCUT2D eigenvalue weighted by Gasteiger charge is -2.19. The topological polar surface area (TPSA) is 16.1 Å². The Bertz CT molecular complexity index is 543. The summed E-state index contributed by atoms with van der Waals surface area (Å²) in [5.41, 5.74) is 2.00. The number of aryl methyl sites for hydroxylation is 1. The van der Waals surface area contributed by atoms with E-state index in [0.29, 0.717) is 5.02 Å². The number of anilines is 2. The molecule has 2 rings (SSSR count). The highest BCUT2D eigenvalue weighted by Crippen LogP contribution is 2.26. The first-order valence-electron chi connectivity index (χ1n) is 5.19. The lowest BCUT2D eigenvalue weighted by molar-refractivity contribution is 0.621. The second kappa shape index (κ2) is 4.72. The summed E-state index contributed by atoms with van der Waals surface area (Å²) in [6.07, 6.45) is 1.44. The SMILES string of the molecule is Cc1cccc(N(C)c2ncc(Cl)cc2F)c1. The molecule has 1 heterocycles. The van der Waals surface area contributed by atoms with Crippen molar-refractivity contribution in [3.05, 3.63) is 52.9 Å². The van der Waals surface area contributed by atoms with Crippen molar-refractivity contribution in [1.82, 2.24) is 4.98 Å². The molecule has 2 aromatic rings. The zero-order valence-corrected chi connectivity index (χ0v) is 10.4. The van der Waals surface area contributed by atoms with Crippen LogP contribution in [0, 0.1) is 12.7 Å². The van der Waals surface area contributed by atoms with E-state index in [2.05, 4.69) is 4.98 Å². The van der Waals surface area contributed by atoms with Crippen molar-refractivity contribution < 1.29 is 4.39 Å². The highest BCUT2D eigenvalue weighted by Gasteiger charge is 2.11. The highest BCUT2D eigenvalue weighted by molar-refractivity contribution is 6.30. The first-order valence-corrected chi connectivity index (χ1v) is 5.57. The predicted octanol–water partition coefficient (Wildman–Crippen LogP) is 3.95. The molecule has 0 N–H and O–H groups in total. The maximum atomic E-state index is 13.7. The molecule has 0 spiro atoms. The zero-order chi connectivity index (χ0) is 12.4. The molecule has 0 amide bonds. The van der Waals surface area contributed by atoms with Gasteiger partial charge in [0.2, 0.25) is 0 Å². The molecule has 0 radical (unpaired) electrons. The standard InChI is InChI=1S/C13H12ClFN2/c1-9-4-3-5-11(6-9)17(2)13-12(15)7-10(14)8-16-13/h3-8H,1-2H3. The summed E-state index contributed by atoms with van der Waals surface area (Å²) in [4.78, 5) is 5.70. The Morgan fingerprint density at radius 1 is 1.29 bits per heavy atom. The second-order valence-corrected chi connectivity index (χ2v) is 4.29. The molecule has 0 unspecified atom stereocenters. The number of benzene rings is 1. The van der Waals surface area contributed by atoms with Crippen LogP contribution in [0.3, 0.4) is 0 Å². The number of pyridine rings is 1. The molecule has 88 valence electrons. The average molecular weight is 251 g/mol. The second-order valence-electron chi connectivity index (χ2n) is 3.86. The third-order valence-electron chi connectivity index (χ3n) is 2.50. The van der Waals surface area contributed by atoms with Crippen LogP contribution >= 0.6 is 11.6 Å². The minimum atomic E-state index is -0.429. The lowest BCUT2D eigenvalue weighted by Crippen LogP contribution is -2.13. The van der Waals surface area contributed by atoms with Crippen LogP contribution in [0.4, 0.5) is 15.9 Å². The van der Waals surface area contributed by atoms with Gasteiger partial charge in [-0.2, -0.15) is 0 Å². The van der Waals surface area contributed by atoms with E-state index in [1.807, 2.05) is 31.2 Å². The molecule has 1 aromatic carbocycles. The Kier molecular flexibility index (Phi) is 3.29. The van der Waals surface area contributed by atoms with Gasteiger partial charge in [-0.3, -0.25) is 0 Å². The molecule has 0 aliphatic carbocycles. The summed E-state index contributed by atoms with van der Waals surface area (Å²) in [5.74, 6) is -0.165. The Balaban J connectivity index is 2.40. The molecule has 0 aliphatic rings. The van der Waals surface area contributed by atoms with E-state index < -0.39 is 5.82 Å². The lowest BCUT2D eigenvalue weighted by atomic mass is 10.2. The summed E-state index contributed by atoms with van der Waals surface area (Å²) < 4.78 is 13.7. The van der Waals surface area contributed by atoms with Crippen LogP contribution in [0.15, 0.2) is 36.5 Å². The molecular formula is C13H12ClFN2. The van der Waals surface area contributed by atoms with E-state index in [4.69, 9.17) is 11.6 Å². The first-order chi connectivity index (χ1) is 8.08. The number of halogens is 2. The molecule has 0 saturated heterocycles. The van der Waals surface area contributed by atoms with Crippen LogP contribution in [0.2, 0.25) is 5.02 Å². The fraction of sp³-hybridized carbons (Fsp3) is 0.154. The monoisotopic (exact) mass is 250 g/mol. The summed E-state index contributed by atoms with van der Waals surface area (Å²) in [7, 11) is 1.77. The van der Waals surface area contributed by atoms with Crippen molar-refractivity contribution in [1.29, 1.82) is 0 Å². The van der Waals surface area contributed by atoms with E-state index in [9.17, 15) is 4.39 Å². The van der Waals surface area contributed by atoms with Gasteiger partial charge in [0, 0.05) is 18.9 Å². The van der Waals surface area contributed by atoms with Crippen LogP contribution < -0.4 is 4.90 Å². The van der Waals surface area contributed by atoms with Crippen LogP contribution in [0.5, 0.6) is 0 Å². The van der Waals surface area contributed by atoms with Gasteiger partial charge in [-0.25, -0.2) is 9.37 Å². The zero-order valence-electron chi connectivity index (χ0n) is 9.61. The largest absolute Gasteiger partial charge is 0.327 e. The summed E-state index contributed by atoms with van der Waals surface area (Å²) in [6.45, 7) is 1.99. The van der Waals surface area contributed by atoms with Gasteiger partial charge < -0.3 is 4.90 Å². The van der Waals surface area contributed by atoms with E-state index in [-0.39, 0.29) is 5.82 Å². The number of hydrogen-bond donors (Lipinski definition) is 0. The van der Waals surface area contributed by atoms with Gasteiger partial charge in [-0.15, -0.1) is 0 Å². The molecular weight excluding hydrogens is 239 g/mol. The van der Waals surface area contributed by atoms with Crippen LogP contribution in [-0.4, -0.2) is 12.0 Å². The van der Waals surface area contributed by atoms with Crippen LogP contribution in [0.1, 0.15) is 5.56 Å². The van der Waals surface area contributed by atoms with Gasteiger partial charge in [-0.1, -0.05) is 23.7 Å². The fourth-order valence-electron chi connectivity index (χ4n) is 1.61. The quantitative estimate of drug-likeness (QED) is 0.802. The molecule has 0 bridgehead atoms. The van der Waals surface area contributed by atoms with Crippen molar-refractivity contribution in [2.24, 2.45) is 0 Å². The van der Waals surface area contributed by atoms with E-state index in [0.717, 1.165) is 11.3 Å². The number of aromatic nitrogens is 1. The van der Waals surface area contributed by atoms with E-state index >= 15 is 0 Å². The Morgan fingerprint density at radius 2 is 2.06 bits per heavy atom. The maximum Gasteiger partial charge on any atom is 0.169 e. The fourth-order valence-corrected chi connectivity index (χ4v) is 1.76. The summed E-state index contributed by atoms with van der Waals surface area (Å²) in [6, 6.07) is 9.05. The van der Waals surface area contributed by atoms with Crippen molar-refractivity contribution in [3.63, 3.8) is 0 Å². The molecule has 1 aromatic heterocycles. The van der Waals surface area contributed by atoms with Gasteiger partial charge in [0.25, 0.3) is 0 Å². The molecule has 0 atom stereocenters. The molecule has 0 saturated carbocycles. The number of hydrogen-bond acceptors (Lipinski definition) is 2. The molecule has 0 aliphatic heterocycles. The van der Waals surface area contributed by atoms with Gasteiger partial charge in [-0.05, 0) is 30.7 Å². The van der Waals surface area contributed by atoms with E-state index in [1.165, 1.54) is 12.3 Å². The minimum absolute atomic E-state index is 0.264. The maximum absolute atomic E-state index is 13.7. The van der Waals surface area contributed by atoms with Crippen molar-refractivity contribution in [2.75, 3.05) is 11.9 Å². The summed E-state index contributed by atoms with van der Waals surface area (Å²) >= 11 is 5.67. The number of nitrogens with zero attached hydrogens (tertiary/aromatic N) is 2. The van der Waals surface area contributed by atoms with Crippen molar-refractivity contribution in [3.8, 4) is 0 Å². The molecule has 0 fully saturated rings. The summed E-state index contributed by atoms with van der Waals surface area (Å²) in [5, 5.41) is 0.295. The first kappa shape index (κ1) is 11.9. The minimum Gasteiger partial charge on any atom is -0.327 e. The van der Waals surface area contributed by atoms with Crippen molar-refractivity contribution in [2.45, 2.75) is 6.92 Å². The average Bonchev–Trinajstić information content (AvgIpc) is 2.28. The van der Waals surface area contributed by atoms with Crippen molar-refractivity contribution >= 4 is 23.1 Å². The van der Waals surface area contributed by atoms with Gasteiger partial charge in [0.1, 0.15) is 0 Å². The van der Waals surface area contributed by atoms with E-state index in [1.54, 1.807) is 11.9 Å². The Morgan fingerprint density at radius 3 is 2.71 bits per heavy atom. The third-order valence-corrected chi connectivity index (χ3v) is 2.70. The molecule has 4 heteroatoms. The third kappa shape index (κ3) is 2.56. The normalized spacial score (nSPS) is 10.4. The smallest absolute Gasteiger partial charge is 0.169 e. The van der Waals surface area contributed by atoms with Crippen LogP contribution in [-0.2, 0) is 0 Å². The number of rotatable bonds is 2.